The van der Waals surface area contributed by atoms with E-state index in [9.17, 15) is 4.79 Å². The molecule has 2 rings (SSSR count). The third-order valence-corrected chi connectivity index (χ3v) is 3.25. The Morgan fingerprint density at radius 2 is 1.90 bits per heavy atom. The minimum Gasteiger partial charge on any atom is -0.326 e. The van der Waals surface area contributed by atoms with Crippen LogP contribution in [0.2, 0.25) is 5.02 Å². The monoisotopic (exact) mass is 288 g/mol. The van der Waals surface area contributed by atoms with Crippen molar-refractivity contribution >= 4 is 23.2 Å². The number of hydrogen-bond acceptors (Lipinski definition) is 2. The van der Waals surface area contributed by atoms with Crippen LogP contribution < -0.4 is 11.1 Å². The fourth-order valence-electron chi connectivity index (χ4n) is 1.94. The Kier molecular flexibility index (Phi) is 5.16. The van der Waals surface area contributed by atoms with E-state index < -0.39 is 0 Å². The van der Waals surface area contributed by atoms with Gasteiger partial charge in [-0.25, -0.2) is 0 Å². The Hall–Kier alpha value is -1.84. The molecule has 2 aromatic carbocycles. The van der Waals surface area contributed by atoms with Crippen molar-refractivity contribution in [2.24, 2.45) is 5.73 Å². The summed E-state index contributed by atoms with van der Waals surface area (Å²) in [5.74, 6) is -0.0568. The number of benzene rings is 2. The van der Waals surface area contributed by atoms with Crippen LogP contribution in [0.25, 0.3) is 0 Å². The second kappa shape index (κ2) is 7.08. The summed E-state index contributed by atoms with van der Waals surface area (Å²) in [7, 11) is 0. The second-order valence-corrected chi connectivity index (χ2v) is 5.05. The molecule has 2 aromatic rings. The molecule has 0 heterocycles. The number of hydrogen-bond donors (Lipinski definition) is 2. The number of nitrogens with one attached hydrogen (secondary N) is 1. The second-order valence-electron chi connectivity index (χ2n) is 4.61. The summed E-state index contributed by atoms with van der Waals surface area (Å²) in [5.41, 5.74) is 7.81. The highest BCUT2D eigenvalue weighted by atomic mass is 35.5. The van der Waals surface area contributed by atoms with Crippen molar-refractivity contribution < 1.29 is 4.79 Å². The summed E-state index contributed by atoms with van der Waals surface area (Å²) in [6.45, 7) is 0. The number of anilines is 1. The SMILES string of the molecule is NC(CCC(=O)Nc1cccc(Cl)c1)c1ccccc1. The third kappa shape index (κ3) is 4.37. The fraction of sp³-hybridized carbons (Fsp3) is 0.188. The van der Waals surface area contributed by atoms with Gasteiger partial charge >= 0.3 is 0 Å². The standard InChI is InChI=1S/C16H17ClN2O/c17-13-7-4-8-14(11-13)19-16(20)10-9-15(18)12-5-2-1-3-6-12/h1-8,11,15H,9-10,18H2,(H,19,20). The molecule has 1 amide bonds. The number of amides is 1. The molecule has 4 heteroatoms. The van der Waals surface area contributed by atoms with Crippen LogP contribution in [0.1, 0.15) is 24.4 Å². The predicted octanol–water partition coefficient (Wildman–Crippen LogP) is 3.76. The summed E-state index contributed by atoms with van der Waals surface area (Å²) >= 11 is 5.86. The first kappa shape index (κ1) is 14.6. The lowest BCUT2D eigenvalue weighted by Gasteiger charge is -2.12. The molecule has 0 spiro atoms. The molecule has 20 heavy (non-hydrogen) atoms. The molecule has 0 bridgehead atoms. The lowest BCUT2D eigenvalue weighted by atomic mass is 10.0. The van der Waals surface area contributed by atoms with Gasteiger partial charge in [0.25, 0.3) is 0 Å². The van der Waals surface area contributed by atoms with E-state index >= 15 is 0 Å². The Morgan fingerprint density at radius 1 is 1.15 bits per heavy atom. The van der Waals surface area contributed by atoms with Gasteiger partial charge in [0.1, 0.15) is 0 Å². The van der Waals surface area contributed by atoms with Crippen molar-refractivity contribution in [1.29, 1.82) is 0 Å². The van der Waals surface area contributed by atoms with Crippen LogP contribution in [-0.2, 0) is 4.79 Å². The Bertz CT molecular complexity index is 572. The van der Waals surface area contributed by atoms with E-state index in [-0.39, 0.29) is 11.9 Å². The number of halogens is 1. The molecule has 0 aliphatic rings. The van der Waals surface area contributed by atoms with Gasteiger partial charge in [0, 0.05) is 23.2 Å². The number of nitrogens with two attached hydrogens (primary N) is 1. The van der Waals surface area contributed by atoms with Crippen molar-refractivity contribution in [1.82, 2.24) is 0 Å². The summed E-state index contributed by atoms with van der Waals surface area (Å²) < 4.78 is 0. The van der Waals surface area contributed by atoms with Gasteiger partial charge in [0.2, 0.25) is 5.91 Å². The topological polar surface area (TPSA) is 55.1 Å². The lowest BCUT2D eigenvalue weighted by molar-refractivity contribution is -0.116. The number of carbonyl (C=O) groups excluding carboxylic acids is 1. The van der Waals surface area contributed by atoms with Gasteiger partial charge in [-0.05, 0) is 30.2 Å². The third-order valence-electron chi connectivity index (χ3n) is 3.02. The first-order valence-corrected chi connectivity index (χ1v) is 6.89. The van der Waals surface area contributed by atoms with Gasteiger partial charge in [-0.1, -0.05) is 48.0 Å². The van der Waals surface area contributed by atoms with Gasteiger partial charge in [0.05, 0.1) is 0 Å². The molecular formula is C16H17ClN2O. The molecule has 0 fully saturated rings. The Morgan fingerprint density at radius 3 is 2.60 bits per heavy atom. The maximum absolute atomic E-state index is 11.8. The zero-order valence-corrected chi connectivity index (χ0v) is 11.8. The minimum atomic E-state index is -0.124. The molecule has 0 radical (unpaired) electrons. The molecular weight excluding hydrogens is 272 g/mol. The first-order chi connectivity index (χ1) is 9.65. The normalized spacial score (nSPS) is 11.9. The maximum atomic E-state index is 11.8. The van der Waals surface area contributed by atoms with Crippen LogP contribution >= 0.6 is 11.6 Å². The van der Waals surface area contributed by atoms with Crippen molar-refractivity contribution in [3.8, 4) is 0 Å². The Labute approximate surface area is 123 Å². The van der Waals surface area contributed by atoms with Crippen LogP contribution in [-0.4, -0.2) is 5.91 Å². The highest BCUT2D eigenvalue weighted by Gasteiger charge is 2.09. The lowest BCUT2D eigenvalue weighted by Crippen LogP contribution is -2.16. The van der Waals surface area contributed by atoms with E-state index in [1.165, 1.54) is 0 Å². The van der Waals surface area contributed by atoms with E-state index in [0.29, 0.717) is 23.6 Å². The van der Waals surface area contributed by atoms with Gasteiger partial charge in [-0.15, -0.1) is 0 Å². The van der Waals surface area contributed by atoms with Gasteiger partial charge in [0.15, 0.2) is 0 Å². The van der Waals surface area contributed by atoms with E-state index in [1.54, 1.807) is 24.3 Å². The van der Waals surface area contributed by atoms with E-state index in [2.05, 4.69) is 5.32 Å². The molecule has 0 aliphatic carbocycles. The summed E-state index contributed by atoms with van der Waals surface area (Å²) in [5, 5.41) is 3.41. The van der Waals surface area contributed by atoms with Crippen LogP contribution in [0.5, 0.6) is 0 Å². The zero-order chi connectivity index (χ0) is 14.4. The Balaban J connectivity index is 1.83. The molecule has 3 nitrogen and oxygen atoms in total. The fourth-order valence-corrected chi connectivity index (χ4v) is 2.13. The average molecular weight is 289 g/mol. The molecule has 3 N–H and O–H groups in total. The van der Waals surface area contributed by atoms with Gasteiger partial charge in [-0.3, -0.25) is 4.79 Å². The first-order valence-electron chi connectivity index (χ1n) is 6.51. The molecule has 0 aliphatic heterocycles. The highest BCUT2D eigenvalue weighted by Crippen LogP contribution is 2.17. The molecule has 0 aromatic heterocycles. The quantitative estimate of drug-likeness (QED) is 0.880. The van der Waals surface area contributed by atoms with Crippen LogP contribution in [0.15, 0.2) is 54.6 Å². The predicted molar refractivity (Wildman–Crippen MR) is 82.7 cm³/mol. The van der Waals surface area contributed by atoms with Gasteiger partial charge in [-0.2, -0.15) is 0 Å². The van der Waals surface area contributed by atoms with E-state index in [1.807, 2.05) is 30.3 Å². The molecule has 0 saturated heterocycles. The van der Waals surface area contributed by atoms with Crippen LogP contribution in [0.3, 0.4) is 0 Å². The van der Waals surface area contributed by atoms with Crippen LogP contribution in [0, 0.1) is 0 Å². The van der Waals surface area contributed by atoms with E-state index in [4.69, 9.17) is 17.3 Å². The van der Waals surface area contributed by atoms with Crippen molar-refractivity contribution in [2.75, 3.05) is 5.32 Å². The summed E-state index contributed by atoms with van der Waals surface area (Å²) in [6, 6.07) is 16.7. The number of rotatable bonds is 5. The molecule has 1 atom stereocenters. The maximum Gasteiger partial charge on any atom is 0.224 e. The average Bonchev–Trinajstić information content (AvgIpc) is 2.46. The van der Waals surface area contributed by atoms with E-state index in [0.717, 1.165) is 5.56 Å². The number of carbonyl (C=O) groups is 1. The zero-order valence-electron chi connectivity index (χ0n) is 11.1. The molecule has 1 unspecified atom stereocenters. The van der Waals surface area contributed by atoms with Crippen LogP contribution in [0.4, 0.5) is 5.69 Å². The smallest absolute Gasteiger partial charge is 0.224 e. The molecule has 104 valence electrons. The summed E-state index contributed by atoms with van der Waals surface area (Å²) in [6.07, 6.45) is 0.985. The van der Waals surface area contributed by atoms with Crippen molar-refractivity contribution in [3.05, 3.63) is 65.2 Å². The van der Waals surface area contributed by atoms with Crippen molar-refractivity contribution in [2.45, 2.75) is 18.9 Å². The summed E-state index contributed by atoms with van der Waals surface area (Å²) in [4.78, 5) is 11.8. The van der Waals surface area contributed by atoms with Crippen molar-refractivity contribution in [3.63, 3.8) is 0 Å². The highest BCUT2D eigenvalue weighted by molar-refractivity contribution is 6.30. The molecule has 0 saturated carbocycles. The van der Waals surface area contributed by atoms with Gasteiger partial charge < -0.3 is 11.1 Å². The largest absolute Gasteiger partial charge is 0.326 e. The minimum absolute atomic E-state index is 0.0568.